The Morgan fingerprint density at radius 1 is 1.28 bits per heavy atom. The summed E-state index contributed by atoms with van der Waals surface area (Å²) in [4.78, 5) is 11.9. The maximum absolute atomic E-state index is 11.9. The molecule has 0 bridgehead atoms. The molecule has 96 valence electrons. The van der Waals surface area contributed by atoms with Gasteiger partial charge in [-0.25, -0.2) is 4.79 Å². The summed E-state index contributed by atoms with van der Waals surface area (Å²) in [7, 11) is 0. The molecule has 1 aliphatic rings. The topological polar surface area (TPSA) is 35.5 Å². The van der Waals surface area contributed by atoms with Gasteiger partial charge in [0.2, 0.25) is 0 Å². The molecule has 1 aliphatic carbocycles. The van der Waals surface area contributed by atoms with Crippen LogP contribution >= 0.6 is 0 Å². The van der Waals surface area contributed by atoms with Gasteiger partial charge in [0, 0.05) is 0 Å². The van der Waals surface area contributed by atoms with E-state index >= 15 is 0 Å². The van der Waals surface area contributed by atoms with Crippen LogP contribution < -0.4 is 0 Å². The second kappa shape index (κ2) is 6.36. The van der Waals surface area contributed by atoms with Gasteiger partial charge in [-0.15, -0.1) is 6.58 Å². The zero-order chi connectivity index (χ0) is 12.8. The summed E-state index contributed by atoms with van der Waals surface area (Å²) in [5, 5.41) is 0. The average Bonchev–Trinajstić information content (AvgIpc) is 2.84. The smallest absolute Gasteiger partial charge is 0.338 e. The van der Waals surface area contributed by atoms with Gasteiger partial charge < -0.3 is 9.47 Å². The molecule has 3 nitrogen and oxygen atoms in total. The molecule has 2 atom stereocenters. The minimum absolute atomic E-state index is 0.00987. The summed E-state index contributed by atoms with van der Waals surface area (Å²) in [6, 6.07) is 9.06. The fraction of sp³-hybridized carbons (Fsp3) is 0.400. The summed E-state index contributed by atoms with van der Waals surface area (Å²) >= 11 is 0. The molecule has 0 aromatic heterocycles. The van der Waals surface area contributed by atoms with Crippen molar-refractivity contribution in [3.63, 3.8) is 0 Å². The molecule has 2 rings (SSSR count). The summed E-state index contributed by atoms with van der Waals surface area (Å²) in [5.74, 6) is -0.269. The SMILES string of the molecule is C=CCO[C@@H]1CCC[C@H]1OC(=O)c1ccccc1. The van der Waals surface area contributed by atoms with E-state index < -0.39 is 0 Å². The Morgan fingerprint density at radius 2 is 2.00 bits per heavy atom. The van der Waals surface area contributed by atoms with Crippen molar-refractivity contribution >= 4 is 5.97 Å². The van der Waals surface area contributed by atoms with Crippen LogP contribution in [0.1, 0.15) is 29.6 Å². The largest absolute Gasteiger partial charge is 0.456 e. The molecule has 0 heterocycles. The third-order valence-corrected chi connectivity index (χ3v) is 3.09. The van der Waals surface area contributed by atoms with E-state index in [-0.39, 0.29) is 18.2 Å². The van der Waals surface area contributed by atoms with Crippen molar-refractivity contribution in [3.05, 3.63) is 48.6 Å². The minimum atomic E-state index is -0.269. The molecule has 1 aromatic carbocycles. The molecule has 3 heteroatoms. The van der Waals surface area contributed by atoms with Crippen LogP contribution in [-0.4, -0.2) is 24.8 Å². The van der Waals surface area contributed by atoms with E-state index in [1.54, 1.807) is 18.2 Å². The van der Waals surface area contributed by atoms with E-state index in [0.29, 0.717) is 12.2 Å². The highest BCUT2D eigenvalue weighted by Crippen LogP contribution is 2.25. The third-order valence-electron chi connectivity index (χ3n) is 3.09. The van der Waals surface area contributed by atoms with Crippen molar-refractivity contribution in [2.24, 2.45) is 0 Å². The predicted molar refractivity (Wildman–Crippen MR) is 69.4 cm³/mol. The first-order valence-corrected chi connectivity index (χ1v) is 6.30. The Balaban J connectivity index is 1.92. The number of hydrogen-bond acceptors (Lipinski definition) is 3. The van der Waals surface area contributed by atoms with Gasteiger partial charge in [0.15, 0.2) is 0 Å². The third kappa shape index (κ3) is 3.20. The molecule has 1 aromatic rings. The fourth-order valence-corrected chi connectivity index (χ4v) is 2.19. The van der Waals surface area contributed by atoms with E-state index in [9.17, 15) is 4.79 Å². The van der Waals surface area contributed by atoms with Crippen LogP contribution in [-0.2, 0) is 9.47 Å². The first kappa shape index (κ1) is 12.8. The van der Waals surface area contributed by atoms with Crippen molar-refractivity contribution < 1.29 is 14.3 Å². The van der Waals surface area contributed by atoms with Gasteiger partial charge in [0.05, 0.1) is 18.3 Å². The zero-order valence-corrected chi connectivity index (χ0v) is 10.4. The highest BCUT2D eigenvalue weighted by atomic mass is 16.6. The van der Waals surface area contributed by atoms with Gasteiger partial charge in [0.25, 0.3) is 0 Å². The van der Waals surface area contributed by atoms with Crippen LogP contribution in [0.2, 0.25) is 0 Å². The van der Waals surface area contributed by atoms with Crippen LogP contribution in [0.3, 0.4) is 0 Å². The molecular weight excluding hydrogens is 228 g/mol. The van der Waals surface area contributed by atoms with Gasteiger partial charge in [-0.05, 0) is 31.4 Å². The molecule has 0 unspecified atom stereocenters. The Bertz CT molecular complexity index is 399. The molecule has 18 heavy (non-hydrogen) atoms. The lowest BCUT2D eigenvalue weighted by atomic mass is 10.2. The number of carbonyl (C=O) groups is 1. The van der Waals surface area contributed by atoms with E-state index in [0.717, 1.165) is 19.3 Å². The number of hydrogen-bond donors (Lipinski definition) is 0. The van der Waals surface area contributed by atoms with Crippen molar-refractivity contribution in [3.8, 4) is 0 Å². The Morgan fingerprint density at radius 3 is 2.72 bits per heavy atom. The van der Waals surface area contributed by atoms with Crippen LogP contribution in [0.4, 0.5) is 0 Å². The zero-order valence-electron chi connectivity index (χ0n) is 10.4. The van der Waals surface area contributed by atoms with Gasteiger partial charge in [0.1, 0.15) is 6.10 Å². The molecule has 0 saturated heterocycles. The summed E-state index contributed by atoms with van der Waals surface area (Å²) in [6.07, 6.45) is 4.46. The standard InChI is InChI=1S/C15H18O3/c1-2-11-17-13-9-6-10-14(13)18-15(16)12-7-4-3-5-8-12/h2-5,7-8,13-14H,1,6,9-11H2/t13-,14-/m1/s1. The summed E-state index contributed by atoms with van der Waals surface area (Å²) in [5.41, 5.74) is 0.590. The van der Waals surface area contributed by atoms with Crippen molar-refractivity contribution in [2.45, 2.75) is 31.5 Å². The molecule has 0 radical (unpaired) electrons. The number of rotatable bonds is 5. The quantitative estimate of drug-likeness (QED) is 0.592. The lowest BCUT2D eigenvalue weighted by molar-refractivity contribution is -0.0300. The van der Waals surface area contributed by atoms with E-state index in [4.69, 9.17) is 9.47 Å². The average molecular weight is 246 g/mol. The van der Waals surface area contributed by atoms with Crippen LogP contribution in [0.25, 0.3) is 0 Å². The van der Waals surface area contributed by atoms with Crippen molar-refractivity contribution in [1.82, 2.24) is 0 Å². The Hall–Kier alpha value is -1.61. The Kier molecular flexibility index (Phi) is 4.53. The maximum atomic E-state index is 11.9. The van der Waals surface area contributed by atoms with E-state index in [2.05, 4.69) is 6.58 Å². The number of esters is 1. The van der Waals surface area contributed by atoms with Gasteiger partial charge in [-0.1, -0.05) is 24.3 Å². The molecule has 0 spiro atoms. The summed E-state index contributed by atoms with van der Waals surface area (Å²) < 4.78 is 11.1. The second-order valence-corrected chi connectivity index (χ2v) is 4.40. The molecule has 0 N–H and O–H groups in total. The van der Waals surface area contributed by atoms with Gasteiger partial charge in [-0.3, -0.25) is 0 Å². The molecule has 0 aliphatic heterocycles. The van der Waals surface area contributed by atoms with Crippen molar-refractivity contribution in [1.29, 1.82) is 0 Å². The first-order chi connectivity index (χ1) is 8.81. The van der Waals surface area contributed by atoms with Gasteiger partial charge in [-0.2, -0.15) is 0 Å². The van der Waals surface area contributed by atoms with E-state index in [1.165, 1.54) is 0 Å². The fourth-order valence-electron chi connectivity index (χ4n) is 2.19. The van der Waals surface area contributed by atoms with E-state index in [1.807, 2.05) is 18.2 Å². The lowest BCUT2D eigenvalue weighted by Gasteiger charge is -2.20. The second-order valence-electron chi connectivity index (χ2n) is 4.40. The first-order valence-electron chi connectivity index (χ1n) is 6.30. The Labute approximate surface area is 107 Å². The monoisotopic (exact) mass is 246 g/mol. The van der Waals surface area contributed by atoms with Crippen LogP contribution in [0, 0.1) is 0 Å². The minimum Gasteiger partial charge on any atom is -0.456 e. The molecule has 0 amide bonds. The van der Waals surface area contributed by atoms with Crippen LogP contribution in [0.5, 0.6) is 0 Å². The molecular formula is C15H18O3. The predicted octanol–water partition coefficient (Wildman–Crippen LogP) is 2.97. The summed E-state index contributed by atoms with van der Waals surface area (Å²) in [6.45, 7) is 4.13. The van der Waals surface area contributed by atoms with Gasteiger partial charge >= 0.3 is 5.97 Å². The normalized spacial score (nSPS) is 22.7. The molecule has 1 saturated carbocycles. The number of benzene rings is 1. The maximum Gasteiger partial charge on any atom is 0.338 e. The van der Waals surface area contributed by atoms with Crippen LogP contribution in [0.15, 0.2) is 43.0 Å². The lowest BCUT2D eigenvalue weighted by Crippen LogP contribution is -2.28. The highest BCUT2D eigenvalue weighted by molar-refractivity contribution is 5.89. The highest BCUT2D eigenvalue weighted by Gasteiger charge is 2.31. The number of carbonyl (C=O) groups excluding carboxylic acids is 1. The number of ether oxygens (including phenoxy) is 2. The van der Waals surface area contributed by atoms with Crippen molar-refractivity contribution in [2.75, 3.05) is 6.61 Å². The molecule has 1 fully saturated rings.